The second-order valence-corrected chi connectivity index (χ2v) is 4.90. The summed E-state index contributed by atoms with van der Waals surface area (Å²) in [6, 6.07) is 4.25. The van der Waals surface area contributed by atoms with E-state index in [9.17, 15) is 14.0 Å². The predicted octanol–water partition coefficient (Wildman–Crippen LogP) is 0.314. The fourth-order valence-corrected chi connectivity index (χ4v) is 2.09. The van der Waals surface area contributed by atoms with E-state index in [1.165, 1.54) is 17.0 Å². The Morgan fingerprint density at radius 3 is 2.86 bits per heavy atom. The first-order valence-electron chi connectivity index (χ1n) is 6.53. The minimum Gasteiger partial charge on any atom is -0.340 e. The molecule has 0 bridgehead atoms. The van der Waals surface area contributed by atoms with E-state index in [2.05, 4.69) is 25.1 Å². The summed E-state index contributed by atoms with van der Waals surface area (Å²) in [7, 11) is 1.61. The number of H-pyrrole nitrogens is 3. The van der Waals surface area contributed by atoms with Crippen LogP contribution < -0.4 is 5.69 Å². The summed E-state index contributed by atoms with van der Waals surface area (Å²) in [5.41, 5.74) is 0.756. The highest BCUT2D eigenvalue weighted by Gasteiger charge is 2.14. The zero-order chi connectivity index (χ0) is 15.7. The molecule has 1 aromatic carbocycles. The van der Waals surface area contributed by atoms with E-state index in [1.54, 1.807) is 13.1 Å². The number of benzene rings is 1. The van der Waals surface area contributed by atoms with Crippen LogP contribution in [0, 0.1) is 5.82 Å². The number of amides is 1. The number of carbonyl (C=O) groups is 1. The number of imidazole rings is 1. The van der Waals surface area contributed by atoms with Crippen LogP contribution in [0.25, 0.3) is 11.0 Å². The van der Waals surface area contributed by atoms with Gasteiger partial charge in [0, 0.05) is 7.05 Å². The lowest BCUT2D eigenvalue weighted by atomic mass is 10.3. The molecule has 2 aromatic heterocycles. The van der Waals surface area contributed by atoms with Gasteiger partial charge in [-0.05, 0) is 18.2 Å². The van der Waals surface area contributed by atoms with Crippen molar-refractivity contribution >= 4 is 16.9 Å². The molecule has 2 heterocycles. The van der Waals surface area contributed by atoms with Crippen LogP contribution in [0.5, 0.6) is 0 Å². The zero-order valence-electron chi connectivity index (χ0n) is 11.7. The quantitative estimate of drug-likeness (QED) is 0.644. The molecule has 0 atom stereocenters. The molecule has 0 aliphatic carbocycles. The summed E-state index contributed by atoms with van der Waals surface area (Å²) in [6.07, 6.45) is -0.0237. The molecular formula is C13H13FN6O2. The van der Waals surface area contributed by atoms with Crippen LogP contribution in [0.2, 0.25) is 0 Å². The lowest BCUT2D eigenvalue weighted by Gasteiger charge is -2.14. The molecule has 0 unspecified atom stereocenters. The maximum atomic E-state index is 13.1. The van der Waals surface area contributed by atoms with Crippen LogP contribution >= 0.6 is 0 Å². The number of fused-ring (bicyclic) bond motifs is 1. The molecule has 0 radical (unpaired) electrons. The average molecular weight is 304 g/mol. The molecule has 8 nitrogen and oxygen atoms in total. The largest absolute Gasteiger partial charge is 0.340 e. The number of likely N-dealkylation sites (N-methyl/N-ethyl adjacent to an activating group) is 1. The molecule has 0 saturated heterocycles. The number of hydrogen-bond acceptors (Lipinski definition) is 4. The lowest BCUT2D eigenvalue weighted by Crippen LogP contribution is -2.28. The smallest absolute Gasteiger partial charge is 0.340 e. The van der Waals surface area contributed by atoms with Crippen LogP contribution in [-0.4, -0.2) is 43.0 Å². The second kappa shape index (κ2) is 5.43. The zero-order valence-corrected chi connectivity index (χ0v) is 11.7. The normalized spacial score (nSPS) is 11.0. The number of hydrogen-bond donors (Lipinski definition) is 3. The van der Waals surface area contributed by atoms with E-state index >= 15 is 0 Å². The standard InChI is InChI=1S/C13H13FN6O2/c1-20(12(21)5-10-17-13(22)19-18-10)6-11-15-8-3-2-7(14)4-9(8)16-11/h2-4H,5-6H2,1H3,(H,15,16)(H2,17,18,19,22). The fourth-order valence-electron chi connectivity index (χ4n) is 2.09. The molecule has 1 amide bonds. The van der Waals surface area contributed by atoms with Crippen LogP contribution in [0.15, 0.2) is 23.0 Å². The van der Waals surface area contributed by atoms with Gasteiger partial charge in [-0.3, -0.25) is 9.78 Å². The first-order valence-corrected chi connectivity index (χ1v) is 6.53. The van der Waals surface area contributed by atoms with Crippen molar-refractivity contribution < 1.29 is 9.18 Å². The molecule has 3 aromatic rings. The lowest BCUT2D eigenvalue weighted by molar-refractivity contribution is -0.129. The highest BCUT2D eigenvalue weighted by molar-refractivity contribution is 5.78. The van der Waals surface area contributed by atoms with Gasteiger partial charge in [0.25, 0.3) is 0 Å². The minimum absolute atomic E-state index is 0.0237. The minimum atomic E-state index is -0.454. The molecule has 0 fully saturated rings. The van der Waals surface area contributed by atoms with E-state index in [4.69, 9.17) is 0 Å². The summed E-state index contributed by atoms with van der Waals surface area (Å²) in [5.74, 6) is 0.240. The Hall–Kier alpha value is -2.97. The average Bonchev–Trinajstić information content (AvgIpc) is 3.04. The Bertz CT molecular complexity index is 880. The first-order chi connectivity index (χ1) is 10.5. The van der Waals surface area contributed by atoms with Crippen molar-refractivity contribution in [1.29, 1.82) is 0 Å². The van der Waals surface area contributed by atoms with Gasteiger partial charge in [-0.25, -0.2) is 19.3 Å². The number of halogens is 1. The number of nitrogens with zero attached hydrogens (tertiary/aromatic N) is 3. The Morgan fingerprint density at radius 1 is 1.32 bits per heavy atom. The monoisotopic (exact) mass is 304 g/mol. The van der Waals surface area contributed by atoms with Gasteiger partial charge in [-0.2, -0.15) is 5.10 Å². The van der Waals surface area contributed by atoms with Gasteiger partial charge in [0.2, 0.25) is 5.91 Å². The van der Waals surface area contributed by atoms with Gasteiger partial charge < -0.3 is 9.88 Å². The molecule has 9 heteroatoms. The molecule has 114 valence electrons. The molecule has 0 saturated carbocycles. The van der Waals surface area contributed by atoms with Gasteiger partial charge in [0.15, 0.2) is 0 Å². The van der Waals surface area contributed by atoms with E-state index in [0.717, 1.165) is 0 Å². The van der Waals surface area contributed by atoms with E-state index in [-0.39, 0.29) is 30.5 Å². The van der Waals surface area contributed by atoms with Gasteiger partial charge in [0.1, 0.15) is 17.5 Å². The molecule has 0 spiro atoms. The van der Waals surface area contributed by atoms with E-state index in [0.29, 0.717) is 16.9 Å². The third kappa shape index (κ3) is 2.87. The number of aromatic nitrogens is 5. The Labute approximate surface area is 123 Å². The number of aromatic amines is 3. The van der Waals surface area contributed by atoms with Crippen molar-refractivity contribution in [3.63, 3.8) is 0 Å². The van der Waals surface area contributed by atoms with Crippen LogP contribution in [-0.2, 0) is 17.8 Å². The third-order valence-corrected chi connectivity index (χ3v) is 3.17. The first kappa shape index (κ1) is 14.0. The molecule has 22 heavy (non-hydrogen) atoms. The molecule has 3 N–H and O–H groups in total. The Kier molecular flexibility index (Phi) is 3.45. The number of carbonyl (C=O) groups excluding carboxylic acids is 1. The van der Waals surface area contributed by atoms with Crippen molar-refractivity contribution in [1.82, 2.24) is 30.0 Å². The van der Waals surface area contributed by atoms with Gasteiger partial charge in [-0.15, -0.1) is 0 Å². The molecule has 0 aliphatic heterocycles. The van der Waals surface area contributed by atoms with E-state index in [1.807, 2.05) is 0 Å². The van der Waals surface area contributed by atoms with Crippen molar-refractivity contribution in [3.05, 3.63) is 46.1 Å². The van der Waals surface area contributed by atoms with Crippen LogP contribution in [0.3, 0.4) is 0 Å². The van der Waals surface area contributed by atoms with Crippen molar-refractivity contribution in [3.8, 4) is 0 Å². The summed E-state index contributed by atoms with van der Waals surface area (Å²) >= 11 is 0. The SMILES string of the molecule is CN(Cc1nc2ccc(F)cc2[nH]1)C(=O)Cc1n[nH]c(=O)[nH]1. The topological polar surface area (TPSA) is 111 Å². The third-order valence-electron chi connectivity index (χ3n) is 3.17. The Balaban J connectivity index is 1.70. The van der Waals surface area contributed by atoms with Crippen molar-refractivity contribution in [2.24, 2.45) is 0 Å². The fraction of sp³-hybridized carbons (Fsp3) is 0.231. The summed E-state index contributed by atoms with van der Waals surface area (Å²) in [4.78, 5) is 34.1. The van der Waals surface area contributed by atoms with Gasteiger partial charge in [-0.1, -0.05) is 0 Å². The predicted molar refractivity (Wildman–Crippen MR) is 75.4 cm³/mol. The highest BCUT2D eigenvalue weighted by Crippen LogP contribution is 2.13. The Morgan fingerprint density at radius 2 is 2.14 bits per heavy atom. The maximum Gasteiger partial charge on any atom is 0.340 e. The highest BCUT2D eigenvalue weighted by atomic mass is 19.1. The number of rotatable bonds is 4. The van der Waals surface area contributed by atoms with Crippen LogP contribution in [0.4, 0.5) is 4.39 Å². The molecule has 0 aliphatic rings. The van der Waals surface area contributed by atoms with Gasteiger partial charge in [0.05, 0.1) is 24.0 Å². The van der Waals surface area contributed by atoms with Crippen LogP contribution in [0.1, 0.15) is 11.6 Å². The number of nitrogens with one attached hydrogen (secondary N) is 3. The maximum absolute atomic E-state index is 13.1. The second-order valence-electron chi connectivity index (χ2n) is 4.90. The van der Waals surface area contributed by atoms with Crippen molar-refractivity contribution in [2.45, 2.75) is 13.0 Å². The van der Waals surface area contributed by atoms with Crippen molar-refractivity contribution in [2.75, 3.05) is 7.05 Å². The molecule has 3 rings (SSSR count). The van der Waals surface area contributed by atoms with Gasteiger partial charge >= 0.3 is 5.69 Å². The van der Waals surface area contributed by atoms with E-state index < -0.39 is 5.69 Å². The summed E-state index contributed by atoms with van der Waals surface area (Å²) < 4.78 is 13.1. The summed E-state index contributed by atoms with van der Waals surface area (Å²) in [6.45, 7) is 0.240. The molecular weight excluding hydrogens is 291 g/mol. The summed E-state index contributed by atoms with van der Waals surface area (Å²) in [5, 5.41) is 5.88.